The topological polar surface area (TPSA) is 108 Å². The Morgan fingerprint density at radius 1 is 1.17 bits per heavy atom. The van der Waals surface area contributed by atoms with E-state index in [2.05, 4.69) is 5.32 Å². The highest BCUT2D eigenvalue weighted by Crippen LogP contribution is 2.28. The fourth-order valence-corrected chi connectivity index (χ4v) is 2.61. The van der Waals surface area contributed by atoms with Gasteiger partial charge in [0.05, 0.1) is 17.1 Å². The third kappa shape index (κ3) is 6.02. The fraction of sp³-hybridized carbons (Fsp3) is 0.350. The highest BCUT2D eigenvalue weighted by atomic mass is 19.4. The molecule has 0 fully saturated rings. The van der Waals surface area contributed by atoms with Crippen LogP contribution in [0.15, 0.2) is 48.7 Å². The van der Waals surface area contributed by atoms with Crippen molar-refractivity contribution in [1.29, 1.82) is 10.8 Å². The predicted octanol–water partition coefficient (Wildman–Crippen LogP) is 2.67. The SMILES string of the molecule is CC(C)(N)C(=O)N[C@H](CCc1ccccc1)C(=N)n1cc(C(F)(F)F)ccc1=N. The van der Waals surface area contributed by atoms with Gasteiger partial charge >= 0.3 is 6.18 Å². The minimum atomic E-state index is -4.61. The van der Waals surface area contributed by atoms with E-state index in [1.807, 2.05) is 30.3 Å². The van der Waals surface area contributed by atoms with Crippen molar-refractivity contribution in [2.24, 2.45) is 5.73 Å². The zero-order chi connectivity index (χ0) is 21.8. The van der Waals surface area contributed by atoms with E-state index in [4.69, 9.17) is 16.6 Å². The second-order valence-electron chi connectivity index (χ2n) is 7.33. The average molecular weight is 407 g/mol. The van der Waals surface area contributed by atoms with Crippen LogP contribution in [0.5, 0.6) is 0 Å². The summed E-state index contributed by atoms with van der Waals surface area (Å²) in [6.07, 6.45) is -3.18. The summed E-state index contributed by atoms with van der Waals surface area (Å²) in [6, 6.07) is 10.1. The molecule has 2 rings (SSSR count). The van der Waals surface area contributed by atoms with Crippen molar-refractivity contribution in [1.82, 2.24) is 9.88 Å². The van der Waals surface area contributed by atoms with Crippen LogP contribution in [-0.4, -0.2) is 27.9 Å². The largest absolute Gasteiger partial charge is 0.417 e. The number of nitrogens with one attached hydrogen (secondary N) is 3. The lowest BCUT2D eigenvalue weighted by molar-refractivity contribution is -0.138. The first-order valence-electron chi connectivity index (χ1n) is 8.96. The molecule has 1 aromatic carbocycles. The first-order valence-corrected chi connectivity index (χ1v) is 8.96. The molecular formula is C20H24F3N5O. The lowest BCUT2D eigenvalue weighted by Gasteiger charge is -2.26. The predicted molar refractivity (Wildman–Crippen MR) is 103 cm³/mol. The molecule has 0 unspecified atom stereocenters. The van der Waals surface area contributed by atoms with E-state index in [0.717, 1.165) is 22.3 Å². The van der Waals surface area contributed by atoms with Gasteiger partial charge in [0.2, 0.25) is 5.91 Å². The summed E-state index contributed by atoms with van der Waals surface area (Å²) in [5.41, 5.74) is 4.25. The van der Waals surface area contributed by atoms with Crippen molar-refractivity contribution in [3.05, 3.63) is 65.3 Å². The van der Waals surface area contributed by atoms with Crippen LogP contribution in [0.4, 0.5) is 13.2 Å². The number of amides is 1. The molecule has 0 aliphatic carbocycles. The number of aromatic nitrogens is 1. The quantitative estimate of drug-likeness (QED) is 0.436. The molecule has 156 valence electrons. The minimum absolute atomic E-state index is 0.257. The van der Waals surface area contributed by atoms with Gasteiger partial charge < -0.3 is 11.1 Å². The number of pyridine rings is 1. The van der Waals surface area contributed by atoms with Gasteiger partial charge in [-0.05, 0) is 44.4 Å². The van der Waals surface area contributed by atoms with Gasteiger partial charge in [0, 0.05) is 6.20 Å². The Hall–Kier alpha value is -2.94. The molecule has 0 saturated carbocycles. The van der Waals surface area contributed by atoms with E-state index in [0.29, 0.717) is 12.6 Å². The Labute approximate surface area is 166 Å². The maximum absolute atomic E-state index is 13.1. The number of benzene rings is 1. The van der Waals surface area contributed by atoms with Gasteiger partial charge in [-0.1, -0.05) is 30.3 Å². The van der Waals surface area contributed by atoms with E-state index in [-0.39, 0.29) is 17.7 Å². The van der Waals surface area contributed by atoms with Gasteiger partial charge in [-0.2, -0.15) is 13.2 Å². The third-order valence-electron chi connectivity index (χ3n) is 4.32. The zero-order valence-corrected chi connectivity index (χ0v) is 16.2. The number of halogens is 3. The van der Waals surface area contributed by atoms with Crippen molar-refractivity contribution < 1.29 is 18.0 Å². The van der Waals surface area contributed by atoms with Gasteiger partial charge in [0.15, 0.2) is 0 Å². The molecule has 1 amide bonds. The number of rotatable bonds is 6. The summed E-state index contributed by atoms with van der Waals surface area (Å²) in [4.78, 5) is 12.4. The van der Waals surface area contributed by atoms with Crippen molar-refractivity contribution in [2.75, 3.05) is 0 Å². The summed E-state index contributed by atoms with van der Waals surface area (Å²) in [5, 5.41) is 19.0. The van der Waals surface area contributed by atoms with E-state index in [9.17, 15) is 18.0 Å². The maximum Gasteiger partial charge on any atom is 0.417 e. The number of carbonyl (C=O) groups is 1. The van der Waals surface area contributed by atoms with Crippen LogP contribution in [0.1, 0.15) is 31.4 Å². The minimum Gasteiger partial charge on any atom is -0.345 e. The van der Waals surface area contributed by atoms with Crippen LogP contribution in [0, 0.1) is 10.8 Å². The molecular weight excluding hydrogens is 383 g/mol. The summed E-state index contributed by atoms with van der Waals surface area (Å²) >= 11 is 0. The Kier molecular flexibility index (Phi) is 6.63. The summed E-state index contributed by atoms with van der Waals surface area (Å²) in [6.45, 7) is 2.99. The molecule has 1 atom stereocenters. The third-order valence-corrected chi connectivity index (χ3v) is 4.32. The number of nitrogens with zero attached hydrogens (tertiary/aromatic N) is 1. The molecule has 6 nitrogen and oxygen atoms in total. The Bertz CT molecular complexity index is 930. The van der Waals surface area contributed by atoms with Crippen LogP contribution < -0.4 is 16.5 Å². The van der Waals surface area contributed by atoms with Crippen LogP contribution in [0.3, 0.4) is 0 Å². The number of nitrogens with two attached hydrogens (primary N) is 1. The molecule has 2 aromatic rings. The van der Waals surface area contributed by atoms with Crippen LogP contribution in [0.2, 0.25) is 0 Å². The standard InChI is InChI=1S/C20H24F3N5O/c1-19(2,26)18(29)27-15(10-8-13-6-4-3-5-7-13)17(25)28-12-14(20(21,22)23)9-11-16(28)24/h3-7,9,11-12,15,24-25H,8,10,26H2,1-2H3,(H,27,29)/t15-/m1/s1. The van der Waals surface area contributed by atoms with Crippen molar-refractivity contribution in [3.8, 4) is 0 Å². The number of hydrogen-bond donors (Lipinski definition) is 4. The summed E-state index contributed by atoms with van der Waals surface area (Å²) in [5.74, 6) is -0.881. The highest BCUT2D eigenvalue weighted by Gasteiger charge is 2.32. The molecule has 0 spiro atoms. The number of carbonyl (C=O) groups excluding carboxylic acids is 1. The lowest BCUT2D eigenvalue weighted by Crippen LogP contribution is -2.55. The average Bonchev–Trinajstić information content (AvgIpc) is 2.63. The molecule has 0 radical (unpaired) electrons. The van der Waals surface area contributed by atoms with Gasteiger partial charge in [-0.3, -0.25) is 20.2 Å². The molecule has 0 bridgehead atoms. The smallest absolute Gasteiger partial charge is 0.345 e. The fourth-order valence-electron chi connectivity index (χ4n) is 2.61. The lowest BCUT2D eigenvalue weighted by atomic mass is 10.0. The molecule has 5 N–H and O–H groups in total. The van der Waals surface area contributed by atoms with Crippen molar-refractivity contribution >= 4 is 11.7 Å². The molecule has 29 heavy (non-hydrogen) atoms. The Morgan fingerprint density at radius 2 is 1.79 bits per heavy atom. The second kappa shape index (κ2) is 8.60. The van der Waals surface area contributed by atoms with Gasteiger partial charge in [-0.25, -0.2) is 0 Å². The van der Waals surface area contributed by atoms with E-state index in [1.54, 1.807) is 0 Å². The van der Waals surface area contributed by atoms with Crippen molar-refractivity contribution in [3.63, 3.8) is 0 Å². The number of aryl methyl sites for hydroxylation is 1. The summed E-state index contributed by atoms with van der Waals surface area (Å²) < 4.78 is 40.0. The molecule has 1 heterocycles. The van der Waals surface area contributed by atoms with Crippen LogP contribution >= 0.6 is 0 Å². The van der Waals surface area contributed by atoms with E-state index < -0.39 is 29.2 Å². The molecule has 1 aromatic heterocycles. The van der Waals surface area contributed by atoms with E-state index >= 15 is 0 Å². The number of alkyl halides is 3. The normalized spacial score (nSPS) is 13.0. The Morgan fingerprint density at radius 3 is 2.34 bits per heavy atom. The van der Waals surface area contributed by atoms with Gasteiger partial charge in [-0.15, -0.1) is 0 Å². The molecule has 0 aliphatic rings. The first kappa shape index (κ1) is 22.4. The molecule has 0 aliphatic heterocycles. The Balaban J connectivity index is 2.35. The zero-order valence-electron chi connectivity index (χ0n) is 16.2. The van der Waals surface area contributed by atoms with Gasteiger partial charge in [0.25, 0.3) is 0 Å². The monoisotopic (exact) mass is 407 g/mol. The number of hydrogen-bond acceptors (Lipinski definition) is 4. The summed E-state index contributed by atoms with van der Waals surface area (Å²) in [7, 11) is 0. The van der Waals surface area contributed by atoms with E-state index in [1.165, 1.54) is 13.8 Å². The highest BCUT2D eigenvalue weighted by molar-refractivity contribution is 5.93. The maximum atomic E-state index is 13.1. The van der Waals surface area contributed by atoms with Crippen LogP contribution in [-0.2, 0) is 17.4 Å². The molecule has 9 heteroatoms. The first-order chi connectivity index (χ1) is 13.4. The van der Waals surface area contributed by atoms with Crippen molar-refractivity contribution in [2.45, 2.75) is 44.4 Å². The molecule has 0 saturated heterocycles. The van der Waals surface area contributed by atoms with Gasteiger partial charge in [0.1, 0.15) is 11.3 Å². The van der Waals surface area contributed by atoms with Crippen LogP contribution in [0.25, 0.3) is 0 Å². The second-order valence-corrected chi connectivity index (χ2v) is 7.33.